The van der Waals surface area contributed by atoms with E-state index in [4.69, 9.17) is 9.84 Å². The van der Waals surface area contributed by atoms with E-state index in [9.17, 15) is 9.59 Å². The first-order valence-electron chi connectivity index (χ1n) is 6.95. The Kier molecular flexibility index (Phi) is 5.15. The molecule has 0 aliphatic rings. The molecule has 0 saturated carbocycles. The van der Waals surface area contributed by atoms with E-state index < -0.39 is 5.97 Å². The van der Waals surface area contributed by atoms with Gasteiger partial charge < -0.3 is 15.2 Å². The predicted octanol–water partition coefficient (Wildman–Crippen LogP) is 3.59. The van der Waals surface area contributed by atoms with Crippen molar-refractivity contribution < 1.29 is 19.4 Å². The zero-order chi connectivity index (χ0) is 16.8. The number of rotatable bonds is 7. The average molecular weight is 311 g/mol. The first kappa shape index (κ1) is 16.3. The minimum atomic E-state index is -0.981. The molecule has 0 atom stereocenters. The van der Waals surface area contributed by atoms with Gasteiger partial charge in [0.2, 0.25) is 0 Å². The molecule has 5 heteroatoms. The quantitative estimate of drug-likeness (QED) is 0.764. The average Bonchev–Trinajstić information content (AvgIpc) is 2.55. The van der Waals surface area contributed by atoms with Crippen LogP contribution in [0.5, 0.6) is 5.75 Å². The summed E-state index contributed by atoms with van der Waals surface area (Å²) in [7, 11) is 1.57. The number of aromatic carboxylic acids is 1. The number of hydrogen-bond acceptors (Lipinski definition) is 4. The third-order valence-corrected chi connectivity index (χ3v) is 3.24. The van der Waals surface area contributed by atoms with Gasteiger partial charge in [0.1, 0.15) is 5.75 Å². The van der Waals surface area contributed by atoms with Crippen LogP contribution in [0, 0.1) is 0 Å². The summed E-state index contributed by atoms with van der Waals surface area (Å²) in [5, 5.41) is 11.8. The largest absolute Gasteiger partial charge is 0.497 e. The number of methoxy groups -OCH3 is 1. The minimum Gasteiger partial charge on any atom is -0.497 e. The highest BCUT2D eigenvalue weighted by Gasteiger charge is 2.09. The van der Waals surface area contributed by atoms with Crippen LogP contribution in [0.15, 0.2) is 60.8 Å². The van der Waals surface area contributed by atoms with E-state index in [0.29, 0.717) is 22.7 Å². The molecule has 0 bridgehead atoms. The smallest absolute Gasteiger partial charge is 0.335 e. The molecule has 0 unspecified atom stereocenters. The second-order valence-electron chi connectivity index (χ2n) is 4.94. The lowest BCUT2D eigenvalue weighted by Crippen LogP contribution is -2.06. The molecule has 2 rings (SSSR count). The van der Waals surface area contributed by atoms with E-state index in [-0.39, 0.29) is 17.8 Å². The topological polar surface area (TPSA) is 75.6 Å². The number of carboxylic acids is 1. The van der Waals surface area contributed by atoms with Crippen LogP contribution in [0.2, 0.25) is 0 Å². The van der Waals surface area contributed by atoms with Crippen molar-refractivity contribution in [1.82, 2.24) is 0 Å². The number of ketones is 1. The summed E-state index contributed by atoms with van der Waals surface area (Å²) in [6.45, 7) is 3.83. The molecular weight excluding hydrogens is 294 g/mol. The molecule has 2 N–H and O–H groups in total. The van der Waals surface area contributed by atoms with Crippen LogP contribution in [0.1, 0.15) is 27.1 Å². The molecule has 118 valence electrons. The maximum atomic E-state index is 12.2. The highest BCUT2D eigenvalue weighted by molar-refractivity contribution is 5.97. The summed E-state index contributed by atoms with van der Waals surface area (Å²) in [4.78, 5) is 23.0. The number of carboxylic acid groups (broad SMARTS) is 1. The molecule has 2 aromatic rings. The Morgan fingerprint density at radius 3 is 2.13 bits per heavy atom. The molecule has 2 aromatic carbocycles. The second-order valence-corrected chi connectivity index (χ2v) is 4.94. The third-order valence-electron chi connectivity index (χ3n) is 3.24. The molecule has 23 heavy (non-hydrogen) atoms. The van der Waals surface area contributed by atoms with Crippen LogP contribution in [0.4, 0.5) is 5.69 Å². The molecule has 0 radical (unpaired) electrons. The number of carbonyl (C=O) groups is 2. The number of allylic oxidation sites excluding steroid dienone is 1. The van der Waals surface area contributed by atoms with Gasteiger partial charge in [0.15, 0.2) is 5.78 Å². The number of benzene rings is 2. The van der Waals surface area contributed by atoms with Gasteiger partial charge in [-0.2, -0.15) is 0 Å². The van der Waals surface area contributed by atoms with Crippen molar-refractivity contribution in [2.24, 2.45) is 0 Å². The summed E-state index contributed by atoms with van der Waals surface area (Å²) in [5.74, 6) is -0.352. The Hall–Kier alpha value is -3.08. The van der Waals surface area contributed by atoms with E-state index in [1.54, 1.807) is 43.5 Å². The van der Waals surface area contributed by atoms with Crippen molar-refractivity contribution in [2.45, 2.75) is 6.42 Å². The van der Waals surface area contributed by atoms with Crippen molar-refractivity contribution in [3.8, 4) is 5.75 Å². The molecule has 0 amide bonds. The fourth-order valence-corrected chi connectivity index (χ4v) is 2.02. The Bertz CT molecular complexity index is 718. The SMILES string of the molecule is C=C(CC(=O)c1ccc(OC)cc1)Nc1ccc(C(=O)O)cc1. The van der Waals surface area contributed by atoms with Gasteiger partial charge in [-0.15, -0.1) is 0 Å². The maximum absolute atomic E-state index is 12.2. The standard InChI is InChI=1S/C18H17NO4/c1-12(19-15-7-3-14(4-8-15)18(21)22)11-17(20)13-5-9-16(23-2)10-6-13/h3-10,19H,1,11H2,2H3,(H,21,22). The minimum absolute atomic E-state index is 0.0627. The van der Waals surface area contributed by atoms with E-state index in [2.05, 4.69) is 11.9 Å². The van der Waals surface area contributed by atoms with Crippen LogP contribution in [-0.4, -0.2) is 24.0 Å². The Morgan fingerprint density at radius 1 is 1.04 bits per heavy atom. The van der Waals surface area contributed by atoms with Crippen molar-refractivity contribution in [2.75, 3.05) is 12.4 Å². The van der Waals surface area contributed by atoms with E-state index in [0.717, 1.165) is 0 Å². The van der Waals surface area contributed by atoms with Gasteiger partial charge >= 0.3 is 5.97 Å². The number of ether oxygens (including phenoxy) is 1. The number of nitrogens with one attached hydrogen (secondary N) is 1. The lowest BCUT2D eigenvalue weighted by atomic mass is 10.1. The molecule has 0 aliphatic carbocycles. The van der Waals surface area contributed by atoms with Gasteiger partial charge in [-0.3, -0.25) is 4.79 Å². The molecular formula is C18H17NO4. The van der Waals surface area contributed by atoms with Crippen LogP contribution >= 0.6 is 0 Å². The van der Waals surface area contributed by atoms with Gasteiger partial charge in [0, 0.05) is 16.9 Å². The molecule has 0 spiro atoms. The van der Waals surface area contributed by atoms with Gasteiger partial charge in [0.25, 0.3) is 0 Å². The van der Waals surface area contributed by atoms with E-state index >= 15 is 0 Å². The van der Waals surface area contributed by atoms with E-state index in [1.807, 2.05) is 0 Å². The number of Topliss-reactive ketones (excluding diaryl/α,β-unsaturated/α-hetero) is 1. The highest BCUT2D eigenvalue weighted by atomic mass is 16.5. The third kappa shape index (κ3) is 4.44. The first-order chi connectivity index (χ1) is 11.0. The highest BCUT2D eigenvalue weighted by Crippen LogP contribution is 2.16. The number of hydrogen-bond donors (Lipinski definition) is 2. The molecule has 0 aromatic heterocycles. The predicted molar refractivity (Wildman–Crippen MR) is 88.1 cm³/mol. The van der Waals surface area contributed by atoms with Gasteiger partial charge in [-0.25, -0.2) is 4.79 Å². The summed E-state index contributed by atoms with van der Waals surface area (Å²) in [5.41, 5.74) is 2.00. The summed E-state index contributed by atoms with van der Waals surface area (Å²) in [6.07, 6.45) is 0.146. The Balaban J connectivity index is 1.95. The second kappa shape index (κ2) is 7.26. The summed E-state index contributed by atoms with van der Waals surface area (Å²) >= 11 is 0. The van der Waals surface area contributed by atoms with E-state index in [1.165, 1.54) is 12.1 Å². The Labute approximate surface area is 134 Å². The van der Waals surface area contributed by atoms with Crippen molar-refractivity contribution in [3.05, 3.63) is 71.9 Å². The normalized spacial score (nSPS) is 9.96. The monoisotopic (exact) mass is 311 g/mol. The molecule has 0 saturated heterocycles. The van der Waals surface area contributed by atoms with Gasteiger partial charge in [-0.05, 0) is 48.5 Å². The van der Waals surface area contributed by atoms with Crippen LogP contribution in [-0.2, 0) is 0 Å². The maximum Gasteiger partial charge on any atom is 0.335 e. The zero-order valence-electron chi connectivity index (χ0n) is 12.7. The molecule has 5 nitrogen and oxygen atoms in total. The van der Waals surface area contributed by atoms with Crippen LogP contribution in [0.25, 0.3) is 0 Å². The van der Waals surface area contributed by atoms with Crippen LogP contribution in [0.3, 0.4) is 0 Å². The fraction of sp³-hybridized carbons (Fsp3) is 0.111. The molecule has 0 heterocycles. The molecule has 0 fully saturated rings. The summed E-state index contributed by atoms with van der Waals surface area (Å²) in [6, 6.07) is 13.1. The zero-order valence-corrected chi connectivity index (χ0v) is 12.7. The first-order valence-corrected chi connectivity index (χ1v) is 6.95. The number of carbonyl (C=O) groups excluding carboxylic acids is 1. The van der Waals surface area contributed by atoms with Crippen molar-refractivity contribution in [1.29, 1.82) is 0 Å². The Morgan fingerprint density at radius 2 is 1.61 bits per heavy atom. The molecule has 0 aliphatic heterocycles. The lowest BCUT2D eigenvalue weighted by molar-refractivity contribution is 0.0696. The fourth-order valence-electron chi connectivity index (χ4n) is 2.02. The van der Waals surface area contributed by atoms with Gasteiger partial charge in [0.05, 0.1) is 19.1 Å². The summed E-state index contributed by atoms with van der Waals surface area (Å²) < 4.78 is 5.05. The van der Waals surface area contributed by atoms with Crippen LogP contribution < -0.4 is 10.1 Å². The van der Waals surface area contributed by atoms with Gasteiger partial charge in [-0.1, -0.05) is 6.58 Å². The lowest BCUT2D eigenvalue weighted by Gasteiger charge is -2.09. The van der Waals surface area contributed by atoms with Crippen molar-refractivity contribution in [3.63, 3.8) is 0 Å². The number of anilines is 1. The van der Waals surface area contributed by atoms with Crippen molar-refractivity contribution >= 4 is 17.4 Å².